The van der Waals surface area contributed by atoms with Gasteiger partial charge in [-0.3, -0.25) is 14.9 Å². The van der Waals surface area contributed by atoms with Crippen molar-refractivity contribution in [2.24, 2.45) is 5.92 Å². The summed E-state index contributed by atoms with van der Waals surface area (Å²) in [6.45, 7) is 3.47. The molecule has 3 aromatic rings. The van der Waals surface area contributed by atoms with Gasteiger partial charge in [-0.15, -0.1) is 13.2 Å². The van der Waals surface area contributed by atoms with Crippen LogP contribution in [-0.2, 0) is 25.2 Å². The fraction of sp³-hybridized carbons (Fsp3) is 0.333. The highest BCUT2D eigenvalue weighted by Gasteiger charge is 2.59. The molecule has 0 radical (unpaired) electrons. The summed E-state index contributed by atoms with van der Waals surface area (Å²) < 4.78 is 84.2. The van der Waals surface area contributed by atoms with Crippen LogP contribution in [-0.4, -0.2) is 65.9 Å². The van der Waals surface area contributed by atoms with E-state index >= 15 is 0 Å². The van der Waals surface area contributed by atoms with Gasteiger partial charge in [-0.1, -0.05) is 43.6 Å². The third-order valence-corrected chi connectivity index (χ3v) is 9.21. The van der Waals surface area contributed by atoms with E-state index in [-0.39, 0.29) is 33.3 Å². The van der Waals surface area contributed by atoms with Gasteiger partial charge in [-0.25, -0.2) is 12.7 Å². The lowest BCUT2D eigenvalue weighted by Crippen LogP contribution is -2.60. The number of carbonyl (C=O) groups is 2. The summed E-state index contributed by atoms with van der Waals surface area (Å²) in [4.78, 5) is 28.7. The number of nitrogens with one attached hydrogen (secondary N) is 1. The Morgan fingerprint density at radius 3 is 2.22 bits per heavy atom. The minimum atomic E-state index is -5.28. The van der Waals surface area contributed by atoms with Crippen molar-refractivity contribution in [2.45, 2.75) is 36.7 Å². The minimum absolute atomic E-state index is 0.0251. The van der Waals surface area contributed by atoms with Gasteiger partial charge < -0.3 is 19.1 Å². The molecular weight excluding hydrogens is 639 g/mol. The number of nitrogens with zero attached hydrogens (tertiary/aromatic N) is 2. The molecule has 4 rings (SSSR count). The Kier molecular flexibility index (Phi) is 9.34. The van der Waals surface area contributed by atoms with Gasteiger partial charge >= 0.3 is 6.36 Å². The van der Waals surface area contributed by atoms with Crippen molar-refractivity contribution in [3.63, 3.8) is 0 Å². The van der Waals surface area contributed by atoms with E-state index in [1.165, 1.54) is 57.5 Å². The fourth-order valence-corrected chi connectivity index (χ4v) is 6.93. The van der Waals surface area contributed by atoms with Gasteiger partial charge in [0.05, 0.1) is 25.9 Å². The Morgan fingerprint density at radius 2 is 1.64 bits per heavy atom. The molecule has 10 nitrogen and oxygen atoms in total. The normalized spacial score (nSPS) is 17.2. The molecule has 2 atom stereocenters. The summed E-state index contributed by atoms with van der Waals surface area (Å²) in [5, 5.41) is 3.26. The molecular formula is C30H31ClF3N3O7S. The van der Waals surface area contributed by atoms with E-state index < -0.39 is 56.3 Å². The third kappa shape index (κ3) is 6.14. The molecule has 45 heavy (non-hydrogen) atoms. The molecule has 1 aliphatic heterocycles. The highest BCUT2D eigenvalue weighted by molar-refractivity contribution is 7.93. The van der Waals surface area contributed by atoms with Gasteiger partial charge in [-0.05, 0) is 42.3 Å². The van der Waals surface area contributed by atoms with Gasteiger partial charge in [0.15, 0.2) is 11.3 Å². The molecule has 0 saturated heterocycles. The largest absolute Gasteiger partial charge is 0.573 e. The maximum atomic E-state index is 14.9. The summed E-state index contributed by atoms with van der Waals surface area (Å²) in [6, 6.07) is 11.9. The molecule has 1 N–H and O–H groups in total. The fourth-order valence-electron chi connectivity index (χ4n) is 5.19. The molecule has 0 aliphatic carbocycles. The van der Waals surface area contributed by atoms with Crippen molar-refractivity contribution >= 4 is 39.1 Å². The monoisotopic (exact) mass is 669 g/mol. The highest BCUT2D eigenvalue weighted by atomic mass is 35.5. The van der Waals surface area contributed by atoms with Crippen molar-refractivity contribution in [2.75, 3.05) is 32.6 Å². The Hall–Kier alpha value is -4.01. The van der Waals surface area contributed by atoms with E-state index in [1.807, 2.05) is 0 Å². The maximum Gasteiger partial charge on any atom is 0.573 e. The first-order chi connectivity index (χ1) is 21.0. The topological polar surface area (TPSA) is 114 Å². The van der Waals surface area contributed by atoms with Gasteiger partial charge in [-0.2, -0.15) is 0 Å². The zero-order valence-electron chi connectivity index (χ0n) is 25.1. The number of carbonyl (C=O) groups excluding carboxylic acids is 2. The summed E-state index contributed by atoms with van der Waals surface area (Å²) in [5.41, 5.74) is -2.18. The Bertz CT molecular complexity index is 1730. The van der Waals surface area contributed by atoms with Crippen molar-refractivity contribution in [3.05, 3.63) is 76.8 Å². The molecule has 3 aromatic carbocycles. The molecule has 15 heteroatoms. The second kappa shape index (κ2) is 12.4. The van der Waals surface area contributed by atoms with Crippen molar-refractivity contribution < 1.29 is 45.4 Å². The summed E-state index contributed by atoms with van der Waals surface area (Å²) in [6.07, 6.45) is -5.28. The van der Waals surface area contributed by atoms with E-state index in [2.05, 4.69) is 10.1 Å². The number of methoxy groups -OCH3 is 2. The average Bonchev–Trinajstić information content (AvgIpc) is 3.21. The third-order valence-electron chi connectivity index (χ3n) is 7.24. The van der Waals surface area contributed by atoms with Crippen molar-refractivity contribution in [3.8, 4) is 17.2 Å². The lowest BCUT2D eigenvalue weighted by Gasteiger charge is -2.37. The number of para-hydroxylation sites is 1. The smallest absolute Gasteiger partial charge is 0.497 e. The molecule has 0 spiro atoms. The van der Waals surface area contributed by atoms with Crippen molar-refractivity contribution in [1.29, 1.82) is 0 Å². The second-order valence-corrected chi connectivity index (χ2v) is 12.8. The lowest BCUT2D eigenvalue weighted by molar-refractivity contribution is -0.275. The average molecular weight is 670 g/mol. The van der Waals surface area contributed by atoms with E-state index in [9.17, 15) is 31.2 Å². The molecule has 1 heterocycles. The van der Waals surface area contributed by atoms with E-state index in [0.717, 1.165) is 18.2 Å². The van der Waals surface area contributed by atoms with Crippen LogP contribution in [0.4, 0.5) is 18.9 Å². The first-order valence-corrected chi connectivity index (χ1v) is 15.3. The molecule has 242 valence electrons. The number of benzene rings is 3. The first kappa shape index (κ1) is 33.9. The SMILES string of the molecule is COc1ccc(S(=O)(=O)N2C(=O)C(N[C@H](C(=O)N(C)C)C(C)C)(c3ccccc3OC)c3cc(Cl)ccc32)c(OC(F)(F)F)c1. The zero-order valence-corrected chi connectivity index (χ0v) is 26.7. The molecule has 2 amide bonds. The van der Waals surface area contributed by atoms with Crippen LogP contribution in [0.2, 0.25) is 5.02 Å². The number of hydrogen-bond acceptors (Lipinski definition) is 8. The summed E-state index contributed by atoms with van der Waals surface area (Å²) in [5.74, 6) is -3.08. The Balaban J connectivity index is 2.08. The van der Waals surface area contributed by atoms with Crippen LogP contribution in [0.1, 0.15) is 25.0 Å². The van der Waals surface area contributed by atoms with Crippen molar-refractivity contribution in [1.82, 2.24) is 10.2 Å². The quantitative estimate of drug-likeness (QED) is 0.323. The second-order valence-electron chi connectivity index (χ2n) is 10.6. The maximum absolute atomic E-state index is 14.9. The van der Waals surface area contributed by atoms with E-state index in [4.69, 9.17) is 21.1 Å². The molecule has 1 aliphatic rings. The van der Waals surface area contributed by atoms with E-state index in [0.29, 0.717) is 4.31 Å². The molecule has 0 bridgehead atoms. The predicted molar refractivity (Wildman–Crippen MR) is 160 cm³/mol. The first-order valence-electron chi connectivity index (χ1n) is 13.5. The Labute approximate surface area is 263 Å². The number of anilines is 1. The van der Waals surface area contributed by atoms with Crippen LogP contribution in [0.3, 0.4) is 0 Å². The number of fused-ring (bicyclic) bond motifs is 1. The molecule has 0 aromatic heterocycles. The standard InChI is InChI=1S/C30H31ClF3N3O7S/c1-17(2)26(27(38)36(3)4)35-29(20-9-7-8-10-23(20)43-6)21-15-18(31)11-13-22(21)37(28(29)39)45(40,41)25-14-12-19(42-5)16-24(25)44-30(32,33)34/h7-17,26,35H,1-6H3/t26-,29?/m0/s1. The van der Waals surface area contributed by atoms with Gasteiger partial charge in [0.25, 0.3) is 15.9 Å². The number of halogens is 4. The number of ether oxygens (including phenoxy) is 3. The zero-order chi connectivity index (χ0) is 33.5. The highest BCUT2D eigenvalue weighted by Crippen LogP contribution is 2.51. The molecule has 0 saturated carbocycles. The number of sulfonamides is 1. The summed E-state index contributed by atoms with van der Waals surface area (Å²) in [7, 11) is 0.433. The molecule has 0 fully saturated rings. The van der Waals surface area contributed by atoms with Crippen LogP contribution in [0.5, 0.6) is 17.2 Å². The van der Waals surface area contributed by atoms with Crippen LogP contribution >= 0.6 is 11.6 Å². The van der Waals surface area contributed by atoms with Crippen LogP contribution in [0.25, 0.3) is 0 Å². The number of likely N-dealkylation sites (N-methyl/N-ethyl adjacent to an activating group) is 1. The number of rotatable bonds is 10. The van der Waals surface area contributed by atoms with Crippen LogP contribution in [0, 0.1) is 5.92 Å². The van der Waals surface area contributed by atoms with Gasteiger partial charge in [0.2, 0.25) is 5.91 Å². The minimum Gasteiger partial charge on any atom is -0.497 e. The van der Waals surface area contributed by atoms with Crippen LogP contribution < -0.4 is 23.8 Å². The van der Waals surface area contributed by atoms with E-state index in [1.54, 1.807) is 32.0 Å². The van der Waals surface area contributed by atoms with Crippen LogP contribution in [0.15, 0.2) is 65.6 Å². The predicted octanol–water partition coefficient (Wildman–Crippen LogP) is 4.94. The number of alkyl halides is 3. The molecule has 1 unspecified atom stereocenters. The number of hydrogen-bond donors (Lipinski definition) is 1. The van der Waals surface area contributed by atoms with Gasteiger partial charge in [0, 0.05) is 36.3 Å². The number of amides is 2. The van der Waals surface area contributed by atoms with Gasteiger partial charge in [0.1, 0.15) is 16.4 Å². The Morgan fingerprint density at radius 1 is 0.978 bits per heavy atom. The lowest BCUT2D eigenvalue weighted by atomic mass is 9.81. The summed E-state index contributed by atoms with van der Waals surface area (Å²) >= 11 is 6.41.